The molecule has 0 atom stereocenters. The van der Waals surface area contributed by atoms with Gasteiger partial charge >= 0.3 is 12.1 Å². The number of carboxylic acid groups (broad SMARTS) is 1. The summed E-state index contributed by atoms with van der Waals surface area (Å²) in [6, 6.07) is 5.19. The van der Waals surface area contributed by atoms with Crippen LogP contribution in [-0.2, 0) is 16.1 Å². The van der Waals surface area contributed by atoms with Crippen molar-refractivity contribution in [3.05, 3.63) is 29.3 Å². The van der Waals surface area contributed by atoms with Crippen molar-refractivity contribution in [1.82, 2.24) is 10.2 Å². The topological polar surface area (TPSA) is 105 Å². The van der Waals surface area contributed by atoms with Crippen LogP contribution in [0.2, 0.25) is 0 Å². The molecule has 1 heterocycles. The van der Waals surface area contributed by atoms with Gasteiger partial charge in [-0.3, -0.25) is 9.59 Å². The monoisotopic (exact) mass is 456 g/mol. The Morgan fingerprint density at radius 3 is 2.67 bits per heavy atom. The van der Waals surface area contributed by atoms with Crippen LogP contribution in [0.4, 0.5) is 4.79 Å². The van der Waals surface area contributed by atoms with Crippen molar-refractivity contribution in [3.63, 3.8) is 0 Å². The van der Waals surface area contributed by atoms with Crippen molar-refractivity contribution in [2.45, 2.75) is 39.3 Å². The quantitative estimate of drug-likeness (QED) is 0.453. The second-order valence-corrected chi connectivity index (χ2v) is 10.3. The molecule has 8 nitrogen and oxygen atoms in total. The largest absolute Gasteiger partial charge is 0.491 e. The molecule has 0 aromatic heterocycles. The molecule has 0 unspecified atom stereocenters. The Labute approximate surface area is 184 Å². The van der Waals surface area contributed by atoms with Crippen molar-refractivity contribution in [2.24, 2.45) is 0 Å². The van der Waals surface area contributed by atoms with Gasteiger partial charge in [0.25, 0.3) is 5.91 Å². The average Bonchev–Trinajstić information content (AvgIpc) is 2.87. The highest BCUT2D eigenvalue weighted by molar-refractivity contribution is 8.76. The number of nitrogens with zero attached hydrogens (tertiary/aromatic N) is 1. The molecule has 0 aliphatic carbocycles. The van der Waals surface area contributed by atoms with Crippen LogP contribution in [0.25, 0.3) is 0 Å². The summed E-state index contributed by atoms with van der Waals surface area (Å²) in [6.45, 7) is 6.99. The number of hydrogen-bond acceptors (Lipinski definition) is 7. The molecule has 30 heavy (non-hydrogen) atoms. The molecule has 0 bridgehead atoms. The van der Waals surface area contributed by atoms with Gasteiger partial charge in [-0.1, -0.05) is 21.6 Å². The molecule has 2 N–H and O–H groups in total. The normalized spacial score (nSPS) is 13.6. The summed E-state index contributed by atoms with van der Waals surface area (Å²) >= 11 is 0. The minimum absolute atomic E-state index is 0.127. The second-order valence-electron chi connectivity index (χ2n) is 7.62. The first-order valence-corrected chi connectivity index (χ1v) is 12.1. The smallest absolute Gasteiger partial charge is 0.410 e. The zero-order valence-corrected chi connectivity index (χ0v) is 19.1. The number of fused-ring (bicyclic) bond motifs is 1. The van der Waals surface area contributed by atoms with Gasteiger partial charge in [0.2, 0.25) is 0 Å². The molecule has 166 valence electrons. The summed E-state index contributed by atoms with van der Waals surface area (Å²) in [4.78, 5) is 36.9. The zero-order chi connectivity index (χ0) is 22.1. The van der Waals surface area contributed by atoms with Gasteiger partial charge in [0.05, 0.1) is 19.5 Å². The van der Waals surface area contributed by atoms with Crippen molar-refractivity contribution >= 4 is 39.6 Å². The van der Waals surface area contributed by atoms with Crippen LogP contribution in [-0.4, -0.2) is 64.8 Å². The molecule has 0 saturated carbocycles. The Balaban J connectivity index is 1.89. The number of ether oxygens (including phenoxy) is 2. The first-order chi connectivity index (χ1) is 14.2. The van der Waals surface area contributed by atoms with E-state index in [-0.39, 0.29) is 12.3 Å². The molecule has 1 aromatic carbocycles. The predicted molar refractivity (Wildman–Crippen MR) is 118 cm³/mol. The van der Waals surface area contributed by atoms with Crippen molar-refractivity contribution < 1.29 is 29.0 Å². The van der Waals surface area contributed by atoms with Gasteiger partial charge in [0.1, 0.15) is 18.0 Å². The molecule has 0 fully saturated rings. The summed E-state index contributed by atoms with van der Waals surface area (Å²) in [7, 11) is 3.00. The fourth-order valence-electron chi connectivity index (χ4n) is 2.57. The van der Waals surface area contributed by atoms with E-state index in [9.17, 15) is 14.4 Å². The summed E-state index contributed by atoms with van der Waals surface area (Å²) in [5, 5.41) is 11.4. The number of carboxylic acids is 1. The minimum Gasteiger partial charge on any atom is -0.491 e. The molecular formula is C20H28N2O6S2. The summed E-state index contributed by atoms with van der Waals surface area (Å²) in [5.74, 6) is 0.850. The van der Waals surface area contributed by atoms with E-state index >= 15 is 0 Å². The van der Waals surface area contributed by atoms with E-state index < -0.39 is 17.7 Å². The van der Waals surface area contributed by atoms with Crippen LogP contribution in [0.15, 0.2) is 18.2 Å². The van der Waals surface area contributed by atoms with Crippen molar-refractivity contribution in [3.8, 4) is 5.75 Å². The number of aliphatic carboxylic acids is 1. The third-order valence-electron chi connectivity index (χ3n) is 3.91. The Morgan fingerprint density at radius 2 is 1.97 bits per heavy atom. The van der Waals surface area contributed by atoms with Gasteiger partial charge in [0.15, 0.2) is 0 Å². The molecule has 0 spiro atoms. The van der Waals surface area contributed by atoms with E-state index in [2.05, 4.69) is 5.32 Å². The number of hydrogen-bond donors (Lipinski definition) is 2. The van der Waals surface area contributed by atoms with E-state index in [1.807, 2.05) is 20.8 Å². The molecule has 2 rings (SSSR count). The predicted octanol–water partition coefficient (Wildman–Crippen LogP) is 3.40. The van der Waals surface area contributed by atoms with Gasteiger partial charge in [0, 0.05) is 29.2 Å². The Hall–Kier alpha value is -2.07. The lowest BCUT2D eigenvalue weighted by Gasteiger charge is -2.26. The van der Waals surface area contributed by atoms with E-state index in [1.165, 1.54) is 21.6 Å². The van der Waals surface area contributed by atoms with Crippen molar-refractivity contribution in [2.75, 3.05) is 31.2 Å². The van der Waals surface area contributed by atoms with Crippen LogP contribution in [0.1, 0.15) is 43.1 Å². The van der Waals surface area contributed by atoms with E-state index in [1.54, 1.807) is 23.1 Å². The molecule has 0 saturated heterocycles. The van der Waals surface area contributed by atoms with E-state index in [0.29, 0.717) is 49.1 Å². The first-order valence-electron chi connectivity index (χ1n) is 9.64. The summed E-state index contributed by atoms with van der Waals surface area (Å²) in [5.41, 5.74) is 0.662. The highest BCUT2D eigenvalue weighted by atomic mass is 33.1. The van der Waals surface area contributed by atoms with Crippen LogP contribution in [0.5, 0.6) is 5.75 Å². The SMILES string of the molecule is CC(C)(C)OC(=O)N1CCOc2ccc(C(=O)NCCSSCCC(=O)O)cc2C1. The summed E-state index contributed by atoms with van der Waals surface area (Å²) in [6.07, 6.45) is -0.284. The number of benzene rings is 1. The standard InChI is InChI=1S/C20H28N2O6S2/c1-20(2,3)28-19(26)22-8-9-27-16-5-4-14(12-15(16)13-22)18(25)21-7-11-30-29-10-6-17(23)24/h4-5,12H,6-11,13H2,1-3H3,(H,21,25)(H,23,24). The first kappa shape index (κ1) is 24.2. The maximum absolute atomic E-state index is 12.4. The number of nitrogens with one attached hydrogen (secondary N) is 1. The lowest BCUT2D eigenvalue weighted by Crippen LogP contribution is -2.37. The van der Waals surface area contributed by atoms with Crippen LogP contribution in [0.3, 0.4) is 0 Å². The molecule has 10 heteroatoms. The average molecular weight is 457 g/mol. The highest BCUT2D eigenvalue weighted by Gasteiger charge is 2.25. The Kier molecular flexibility index (Phi) is 9.16. The van der Waals surface area contributed by atoms with E-state index in [0.717, 1.165) is 5.56 Å². The molecular weight excluding hydrogens is 428 g/mol. The van der Waals surface area contributed by atoms with Gasteiger partial charge in [-0.25, -0.2) is 4.79 Å². The third-order valence-corrected chi connectivity index (χ3v) is 6.32. The molecule has 0 radical (unpaired) electrons. The van der Waals surface area contributed by atoms with Gasteiger partial charge in [-0.15, -0.1) is 0 Å². The van der Waals surface area contributed by atoms with Crippen LogP contribution < -0.4 is 10.1 Å². The Bertz CT molecular complexity index is 766. The number of amides is 2. The third kappa shape index (κ3) is 8.35. The number of rotatable bonds is 8. The highest BCUT2D eigenvalue weighted by Crippen LogP contribution is 2.26. The van der Waals surface area contributed by atoms with Crippen LogP contribution in [0, 0.1) is 0 Å². The molecule has 2 amide bonds. The maximum atomic E-state index is 12.4. The van der Waals surface area contributed by atoms with Gasteiger partial charge in [-0.05, 0) is 39.0 Å². The van der Waals surface area contributed by atoms with E-state index in [4.69, 9.17) is 14.6 Å². The lowest BCUT2D eigenvalue weighted by molar-refractivity contribution is -0.136. The molecule has 1 aromatic rings. The fraction of sp³-hybridized carbons (Fsp3) is 0.550. The zero-order valence-electron chi connectivity index (χ0n) is 17.4. The minimum atomic E-state index is -0.811. The maximum Gasteiger partial charge on any atom is 0.410 e. The second kappa shape index (κ2) is 11.4. The van der Waals surface area contributed by atoms with Gasteiger partial charge < -0.3 is 24.8 Å². The number of carbonyl (C=O) groups excluding carboxylic acids is 2. The van der Waals surface area contributed by atoms with Gasteiger partial charge in [-0.2, -0.15) is 0 Å². The lowest BCUT2D eigenvalue weighted by atomic mass is 10.1. The number of carbonyl (C=O) groups is 3. The van der Waals surface area contributed by atoms with Crippen LogP contribution >= 0.6 is 21.6 Å². The summed E-state index contributed by atoms with van der Waals surface area (Å²) < 4.78 is 11.2. The molecule has 1 aliphatic rings. The fourth-order valence-corrected chi connectivity index (χ4v) is 4.46. The van der Waals surface area contributed by atoms with Crippen molar-refractivity contribution in [1.29, 1.82) is 0 Å². The molecule has 1 aliphatic heterocycles. The Morgan fingerprint density at radius 1 is 1.23 bits per heavy atom.